The number of aryl methyl sites for hydroxylation is 1. The lowest BCUT2D eigenvalue weighted by molar-refractivity contribution is 0.0103. The van der Waals surface area contributed by atoms with E-state index in [1.165, 1.54) is 0 Å². The molecule has 1 aromatic carbocycles. The molecular weight excluding hydrogens is 382 g/mol. The fraction of sp³-hybridized carbons (Fsp3) is 0.609. The maximum atomic E-state index is 13.2. The number of rotatable bonds is 1. The lowest BCUT2D eigenvalue weighted by Gasteiger charge is -2.40. The molecule has 7 heteroatoms. The van der Waals surface area contributed by atoms with E-state index in [0.717, 1.165) is 32.1 Å². The largest absolute Gasteiger partial charge is 0.508 e. The number of nitrogens with zero attached hydrogens (tertiary/aromatic N) is 3. The van der Waals surface area contributed by atoms with E-state index < -0.39 is 5.60 Å². The number of benzene rings is 1. The highest BCUT2D eigenvalue weighted by Gasteiger charge is 2.43. The van der Waals surface area contributed by atoms with Gasteiger partial charge in [-0.25, -0.2) is 9.78 Å². The molecule has 162 valence electrons. The molecular formula is C23H31N3O4. The lowest BCUT2D eigenvalue weighted by Crippen LogP contribution is -2.44. The van der Waals surface area contributed by atoms with Crippen LogP contribution in [0.4, 0.5) is 4.79 Å². The highest BCUT2D eigenvalue weighted by Crippen LogP contribution is 2.50. The van der Waals surface area contributed by atoms with E-state index in [1.54, 1.807) is 34.9 Å². The topological polar surface area (TPSA) is 84.7 Å². The Morgan fingerprint density at radius 3 is 2.60 bits per heavy atom. The Balaban J connectivity index is 1.49. The zero-order valence-corrected chi connectivity index (χ0v) is 18.3. The first-order valence-corrected chi connectivity index (χ1v) is 10.8. The van der Waals surface area contributed by atoms with Gasteiger partial charge in [0.2, 0.25) is 0 Å². The van der Waals surface area contributed by atoms with Crippen LogP contribution in [0.1, 0.15) is 64.5 Å². The van der Waals surface area contributed by atoms with Gasteiger partial charge >= 0.3 is 6.09 Å². The van der Waals surface area contributed by atoms with E-state index in [4.69, 9.17) is 4.74 Å². The fourth-order valence-corrected chi connectivity index (χ4v) is 4.99. The number of ether oxygens (including phenoxy) is 1. The third kappa shape index (κ3) is 3.77. The number of fused-ring (bicyclic) bond motifs is 1. The Bertz CT molecular complexity index is 1030. The summed E-state index contributed by atoms with van der Waals surface area (Å²) in [5, 5.41) is 10.5. The van der Waals surface area contributed by atoms with E-state index >= 15 is 0 Å². The molecule has 2 fully saturated rings. The molecule has 1 aliphatic carbocycles. The van der Waals surface area contributed by atoms with Crippen LogP contribution >= 0.6 is 0 Å². The van der Waals surface area contributed by atoms with Crippen molar-refractivity contribution in [2.45, 2.75) is 71.4 Å². The van der Waals surface area contributed by atoms with Crippen molar-refractivity contribution in [3.8, 4) is 5.75 Å². The second-order valence-electron chi connectivity index (χ2n) is 9.92. The van der Waals surface area contributed by atoms with Crippen LogP contribution in [0.2, 0.25) is 0 Å². The van der Waals surface area contributed by atoms with E-state index in [9.17, 15) is 14.7 Å². The van der Waals surface area contributed by atoms with Gasteiger partial charge in [-0.15, -0.1) is 0 Å². The van der Waals surface area contributed by atoms with Gasteiger partial charge in [0.25, 0.3) is 5.56 Å². The summed E-state index contributed by atoms with van der Waals surface area (Å²) in [4.78, 5) is 31.8. The molecule has 1 aliphatic heterocycles. The number of amides is 1. The second-order valence-corrected chi connectivity index (χ2v) is 9.92. The molecule has 1 spiro atoms. The van der Waals surface area contributed by atoms with Crippen LogP contribution in [-0.2, 0) is 4.74 Å². The number of hydrogen-bond donors (Lipinski definition) is 1. The number of piperidine rings is 1. The predicted molar refractivity (Wildman–Crippen MR) is 115 cm³/mol. The minimum absolute atomic E-state index is 0.0818. The fourth-order valence-electron chi connectivity index (χ4n) is 4.99. The molecule has 1 N–H and O–H groups in total. The minimum Gasteiger partial charge on any atom is -0.508 e. The first-order valence-electron chi connectivity index (χ1n) is 10.8. The first-order chi connectivity index (χ1) is 14.1. The zero-order valence-electron chi connectivity index (χ0n) is 18.3. The average molecular weight is 414 g/mol. The third-order valence-electron chi connectivity index (χ3n) is 6.73. The zero-order chi connectivity index (χ0) is 21.7. The Morgan fingerprint density at radius 2 is 1.93 bits per heavy atom. The molecule has 30 heavy (non-hydrogen) atoms. The number of phenols is 1. The van der Waals surface area contributed by atoms with Crippen molar-refractivity contribution in [2.75, 3.05) is 13.1 Å². The molecule has 2 aliphatic rings. The van der Waals surface area contributed by atoms with Crippen molar-refractivity contribution in [1.82, 2.24) is 14.5 Å². The van der Waals surface area contributed by atoms with Gasteiger partial charge in [-0.2, -0.15) is 0 Å². The summed E-state index contributed by atoms with van der Waals surface area (Å²) in [5.41, 5.74) is 0.789. The quantitative estimate of drug-likeness (QED) is 0.759. The van der Waals surface area contributed by atoms with Crippen LogP contribution in [0, 0.1) is 12.3 Å². The Morgan fingerprint density at radius 1 is 1.23 bits per heavy atom. The molecule has 7 nitrogen and oxygen atoms in total. The summed E-state index contributed by atoms with van der Waals surface area (Å²) in [7, 11) is 0. The predicted octanol–water partition coefficient (Wildman–Crippen LogP) is 4.15. The molecule has 0 bridgehead atoms. The van der Waals surface area contributed by atoms with Crippen LogP contribution in [0.5, 0.6) is 5.75 Å². The van der Waals surface area contributed by atoms with Gasteiger partial charge in [-0.05, 0) is 77.3 Å². The Kier molecular flexibility index (Phi) is 5.03. The molecule has 1 unspecified atom stereocenters. The molecule has 4 rings (SSSR count). The van der Waals surface area contributed by atoms with Crippen LogP contribution < -0.4 is 5.56 Å². The number of hydrogen-bond acceptors (Lipinski definition) is 5. The van der Waals surface area contributed by atoms with E-state index in [0.29, 0.717) is 29.6 Å². The van der Waals surface area contributed by atoms with Gasteiger partial charge in [-0.1, -0.05) is 0 Å². The maximum Gasteiger partial charge on any atom is 0.410 e. The standard InChI is InChI=1S/C23H31N3O4/c1-15-18(27)6-5-17-19(15)20(28)26(14-24-17)16-7-8-23(13-16)9-11-25(12-10-23)21(29)30-22(2,3)4/h5-6,14,16,27H,7-13H2,1-4H3. The Hall–Kier alpha value is -2.57. The minimum atomic E-state index is -0.485. The van der Waals surface area contributed by atoms with E-state index in [-0.39, 0.29) is 28.9 Å². The number of aromatic nitrogens is 2. The average Bonchev–Trinajstić information content (AvgIpc) is 3.07. The van der Waals surface area contributed by atoms with Gasteiger partial charge < -0.3 is 14.7 Å². The van der Waals surface area contributed by atoms with Gasteiger partial charge in [0.1, 0.15) is 11.4 Å². The van der Waals surface area contributed by atoms with Crippen LogP contribution in [-0.4, -0.2) is 44.3 Å². The third-order valence-corrected chi connectivity index (χ3v) is 6.73. The highest BCUT2D eigenvalue weighted by atomic mass is 16.6. The lowest BCUT2D eigenvalue weighted by atomic mass is 9.77. The van der Waals surface area contributed by atoms with Crippen molar-refractivity contribution < 1.29 is 14.6 Å². The summed E-state index contributed by atoms with van der Waals surface area (Å²) in [6.07, 6.45) is 6.16. The van der Waals surface area contributed by atoms with E-state index in [2.05, 4.69) is 4.98 Å². The van der Waals surface area contributed by atoms with Crippen molar-refractivity contribution in [2.24, 2.45) is 5.41 Å². The highest BCUT2D eigenvalue weighted by molar-refractivity contribution is 5.83. The SMILES string of the molecule is Cc1c(O)ccc2ncn(C3CCC4(CCN(C(=O)OC(C)(C)C)CC4)C3)c(=O)c12. The van der Waals surface area contributed by atoms with Gasteiger partial charge in [0, 0.05) is 24.7 Å². The summed E-state index contributed by atoms with van der Waals surface area (Å²) in [6, 6.07) is 3.37. The maximum absolute atomic E-state index is 13.2. The van der Waals surface area contributed by atoms with Gasteiger partial charge in [0.05, 0.1) is 17.2 Å². The smallest absolute Gasteiger partial charge is 0.410 e. The summed E-state index contributed by atoms with van der Waals surface area (Å²) in [5.74, 6) is 0.122. The molecule has 0 radical (unpaired) electrons. The van der Waals surface area contributed by atoms with Crippen molar-refractivity contribution >= 4 is 17.0 Å². The van der Waals surface area contributed by atoms with Crippen molar-refractivity contribution in [3.05, 3.63) is 34.4 Å². The van der Waals surface area contributed by atoms with Crippen molar-refractivity contribution in [3.63, 3.8) is 0 Å². The Labute approximate surface area is 176 Å². The van der Waals surface area contributed by atoms with E-state index in [1.807, 2.05) is 20.8 Å². The summed E-state index contributed by atoms with van der Waals surface area (Å²) >= 11 is 0. The van der Waals surface area contributed by atoms with Gasteiger partial charge in [-0.3, -0.25) is 9.36 Å². The normalized spacial score (nSPS) is 21.3. The van der Waals surface area contributed by atoms with Gasteiger partial charge in [0.15, 0.2) is 0 Å². The number of likely N-dealkylation sites (tertiary alicyclic amines) is 1. The molecule has 1 atom stereocenters. The summed E-state index contributed by atoms with van der Waals surface area (Å²) in [6.45, 7) is 8.80. The van der Waals surface area contributed by atoms with Crippen LogP contribution in [0.3, 0.4) is 0 Å². The molecule has 2 heterocycles. The van der Waals surface area contributed by atoms with Crippen LogP contribution in [0.15, 0.2) is 23.3 Å². The molecule has 1 saturated carbocycles. The van der Waals surface area contributed by atoms with Crippen LogP contribution in [0.25, 0.3) is 10.9 Å². The molecule has 1 saturated heterocycles. The summed E-state index contributed by atoms with van der Waals surface area (Å²) < 4.78 is 7.26. The first kappa shape index (κ1) is 20.7. The number of phenolic OH excluding ortho intramolecular Hbond substituents is 1. The number of carbonyl (C=O) groups is 1. The molecule has 2 aromatic rings. The second kappa shape index (κ2) is 7.29. The number of aromatic hydroxyl groups is 1. The molecule has 1 amide bonds. The number of carbonyl (C=O) groups excluding carboxylic acids is 1. The monoisotopic (exact) mass is 413 g/mol. The van der Waals surface area contributed by atoms with Crippen molar-refractivity contribution in [1.29, 1.82) is 0 Å². The molecule has 1 aromatic heterocycles.